The minimum Gasteiger partial charge on any atom is -0.465 e. The molecule has 2 aromatic heterocycles. The minimum absolute atomic E-state index is 0.0552. The van der Waals surface area contributed by atoms with E-state index < -0.39 is 24.3 Å². The number of benzene rings is 2. The van der Waals surface area contributed by atoms with E-state index in [-0.39, 0.29) is 41.1 Å². The molecule has 0 unspecified atom stereocenters. The summed E-state index contributed by atoms with van der Waals surface area (Å²) >= 11 is 0. The number of fused-ring (bicyclic) bond motifs is 3. The van der Waals surface area contributed by atoms with Crippen LogP contribution in [0.3, 0.4) is 0 Å². The Labute approximate surface area is 318 Å². The lowest BCUT2D eigenvalue weighted by atomic mass is 9.81. The van der Waals surface area contributed by atoms with E-state index in [1.165, 1.54) is 22.3 Å². The quantitative estimate of drug-likeness (QED) is 0.110. The first-order chi connectivity index (χ1) is 26.5. The van der Waals surface area contributed by atoms with Gasteiger partial charge in [0.05, 0.1) is 35.9 Å². The predicted molar refractivity (Wildman–Crippen MR) is 202 cm³/mol. The van der Waals surface area contributed by atoms with Gasteiger partial charge in [-0.25, -0.2) is 19.6 Å². The summed E-state index contributed by atoms with van der Waals surface area (Å²) in [6.45, 7) is 5.61. The van der Waals surface area contributed by atoms with Gasteiger partial charge < -0.3 is 40.6 Å². The van der Waals surface area contributed by atoms with E-state index >= 15 is 0 Å². The van der Waals surface area contributed by atoms with Crippen LogP contribution in [0.4, 0.5) is 9.59 Å². The van der Waals surface area contributed by atoms with E-state index in [1.807, 2.05) is 12.4 Å². The molecule has 0 spiro atoms. The van der Waals surface area contributed by atoms with Gasteiger partial charge in [-0.3, -0.25) is 9.59 Å². The number of nitrogens with one attached hydrogen (secondary N) is 4. The van der Waals surface area contributed by atoms with Gasteiger partial charge in [-0.2, -0.15) is 0 Å². The first-order valence-corrected chi connectivity index (χ1v) is 19.5. The van der Waals surface area contributed by atoms with Crippen LogP contribution in [0.5, 0.6) is 0 Å². The third-order valence-corrected chi connectivity index (χ3v) is 12.5. The third-order valence-electron chi connectivity index (χ3n) is 12.5. The van der Waals surface area contributed by atoms with E-state index in [0.29, 0.717) is 24.7 Å². The van der Waals surface area contributed by atoms with E-state index in [4.69, 9.17) is 9.97 Å². The minimum atomic E-state index is -1.17. The van der Waals surface area contributed by atoms with Gasteiger partial charge in [-0.05, 0) is 109 Å². The van der Waals surface area contributed by atoms with Gasteiger partial charge >= 0.3 is 12.2 Å². The van der Waals surface area contributed by atoms with Crippen LogP contribution in [0.15, 0.2) is 48.8 Å². The van der Waals surface area contributed by atoms with Crippen LogP contribution in [0.2, 0.25) is 0 Å². The van der Waals surface area contributed by atoms with Crippen molar-refractivity contribution < 1.29 is 29.4 Å². The molecule has 3 aliphatic carbocycles. The Morgan fingerprint density at radius 1 is 0.691 bits per heavy atom. The fraction of sp³-hybridized carbons (Fsp3) is 0.463. The molecule has 14 heteroatoms. The number of aromatic amines is 2. The standard InChI is InChI=1S/C41H46N8O6/c1-41(2)27-17-23(29-19-42-35(44-29)31-5-3-15-48(31)37(50)33(21-7-8-21)46-39(52)53)11-13-25(27)26-14-12-24(18-28(26)41)30-20-43-36(45-30)32-6-4-16-49(32)38(51)34(22-9-10-22)47-40(54)55/h11-14,17-22,31-34,46-47H,3-10,15-16H2,1-2H3,(H,42,44)(H,43,45)(H,52,53)(H,54,55)/t31-,32-,33-,34-/m0/s1. The van der Waals surface area contributed by atoms with Crippen molar-refractivity contribution in [2.75, 3.05) is 13.1 Å². The highest BCUT2D eigenvalue weighted by Crippen LogP contribution is 2.51. The van der Waals surface area contributed by atoms with Crippen molar-refractivity contribution in [3.05, 3.63) is 71.6 Å². The molecular formula is C41H46N8O6. The Morgan fingerprint density at radius 2 is 1.11 bits per heavy atom. The molecule has 4 aromatic rings. The third kappa shape index (κ3) is 6.30. The number of amides is 4. The summed E-state index contributed by atoms with van der Waals surface area (Å²) in [6, 6.07) is 11.1. The molecule has 2 aromatic carbocycles. The maximum Gasteiger partial charge on any atom is 0.405 e. The molecule has 5 aliphatic rings. The van der Waals surface area contributed by atoms with Crippen molar-refractivity contribution in [2.45, 2.75) is 94.8 Å². The molecule has 2 saturated heterocycles. The highest BCUT2D eigenvalue weighted by Gasteiger charge is 2.45. The Kier molecular flexibility index (Phi) is 8.46. The topological polar surface area (TPSA) is 197 Å². The average Bonchev–Trinajstić information content (AvgIpc) is 3.84. The van der Waals surface area contributed by atoms with Gasteiger partial charge in [0, 0.05) is 18.5 Å². The second-order valence-corrected chi connectivity index (χ2v) is 16.4. The normalized spacial score (nSPS) is 22.2. The van der Waals surface area contributed by atoms with E-state index in [1.54, 1.807) is 9.80 Å². The Hall–Kier alpha value is -5.66. The summed E-state index contributed by atoms with van der Waals surface area (Å²) in [5, 5.41) is 23.7. The van der Waals surface area contributed by atoms with Crippen molar-refractivity contribution in [2.24, 2.45) is 11.8 Å². The number of carbonyl (C=O) groups is 4. The van der Waals surface area contributed by atoms with E-state index in [0.717, 1.165) is 73.9 Å². The SMILES string of the molecule is CC1(C)c2cc(-c3cnc([C@@H]4CCCN4C(=O)[C@@H](NC(=O)O)C4CC4)[nH]3)ccc2-c2ccc(-c3cnc([C@@H]4CCCN4C(=O)[C@@H](NC(=O)O)C4CC4)[nH]3)cc21. The second-order valence-electron chi connectivity index (χ2n) is 16.4. The van der Waals surface area contributed by atoms with Crippen LogP contribution in [0.1, 0.15) is 100 Å². The zero-order valence-electron chi connectivity index (χ0n) is 31.0. The molecule has 2 saturated carbocycles. The molecule has 9 rings (SSSR count). The van der Waals surface area contributed by atoms with Crippen LogP contribution in [0, 0.1) is 11.8 Å². The number of hydrogen-bond donors (Lipinski definition) is 6. The number of aromatic nitrogens is 4. The number of imidazole rings is 2. The van der Waals surface area contributed by atoms with Gasteiger partial charge in [0.15, 0.2) is 0 Å². The number of H-pyrrole nitrogens is 2. The van der Waals surface area contributed by atoms with Gasteiger partial charge in [0.25, 0.3) is 0 Å². The predicted octanol–water partition coefficient (Wildman–Crippen LogP) is 6.19. The number of likely N-dealkylation sites (tertiary alicyclic amines) is 2. The summed E-state index contributed by atoms with van der Waals surface area (Å²) in [6.07, 6.45) is 7.88. The van der Waals surface area contributed by atoms with Gasteiger partial charge in [0.2, 0.25) is 11.8 Å². The molecule has 286 valence electrons. The number of carboxylic acid groups (broad SMARTS) is 2. The molecule has 0 bridgehead atoms. The van der Waals surface area contributed by atoms with Crippen LogP contribution in [-0.4, -0.2) is 89.1 Å². The second kappa shape index (κ2) is 13.3. The molecule has 14 nitrogen and oxygen atoms in total. The fourth-order valence-corrected chi connectivity index (χ4v) is 9.25. The molecule has 2 aliphatic heterocycles. The lowest BCUT2D eigenvalue weighted by Crippen LogP contribution is -2.49. The van der Waals surface area contributed by atoms with Crippen molar-refractivity contribution in [3.63, 3.8) is 0 Å². The highest BCUT2D eigenvalue weighted by atomic mass is 16.4. The molecule has 55 heavy (non-hydrogen) atoms. The maximum absolute atomic E-state index is 13.5. The largest absolute Gasteiger partial charge is 0.465 e. The lowest BCUT2D eigenvalue weighted by Gasteiger charge is -2.28. The average molecular weight is 747 g/mol. The number of carbonyl (C=O) groups excluding carboxylic acids is 2. The summed E-state index contributed by atoms with van der Waals surface area (Å²) in [4.78, 5) is 70.0. The summed E-state index contributed by atoms with van der Waals surface area (Å²) < 4.78 is 0. The molecule has 6 N–H and O–H groups in total. The smallest absolute Gasteiger partial charge is 0.405 e. The summed E-state index contributed by atoms with van der Waals surface area (Å²) in [5.41, 5.74) is 8.14. The van der Waals surface area contributed by atoms with Crippen LogP contribution >= 0.6 is 0 Å². The van der Waals surface area contributed by atoms with Gasteiger partial charge in [0.1, 0.15) is 23.7 Å². The van der Waals surface area contributed by atoms with Crippen LogP contribution < -0.4 is 10.6 Å². The summed E-state index contributed by atoms with van der Waals surface area (Å²) in [7, 11) is 0. The Balaban J connectivity index is 0.932. The zero-order valence-corrected chi connectivity index (χ0v) is 31.0. The highest BCUT2D eigenvalue weighted by molar-refractivity contribution is 5.88. The van der Waals surface area contributed by atoms with Crippen LogP contribution in [-0.2, 0) is 15.0 Å². The molecule has 4 heterocycles. The maximum atomic E-state index is 13.5. The number of hydrogen-bond acceptors (Lipinski definition) is 6. The fourth-order valence-electron chi connectivity index (χ4n) is 9.25. The monoisotopic (exact) mass is 746 g/mol. The van der Waals surface area contributed by atoms with Crippen molar-refractivity contribution in [3.8, 4) is 33.6 Å². The van der Waals surface area contributed by atoms with Gasteiger partial charge in [-0.1, -0.05) is 38.1 Å². The van der Waals surface area contributed by atoms with Crippen molar-refractivity contribution in [1.82, 2.24) is 40.4 Å². The number of nitrogens with zero attached hydrogens (tertiary/aromatic N) is 4. The molecule has 4 fully saturated rings. The molecular weight excluding hydrogens is 701 g/mol. The first kappa shape index (κ1) is 35.1. The lowest BCUT2D eigenvalue weighted by molar-refractivity contribution is -0.135. The molecule has 4 amide bonds. The first-order valence-electron chi connectivity index (χ1n) is 19.5. The van der Waals surface area contributed by atoms with Crippen molar-refractivity contribution >= 4 is 24.0 Å². The Bertz CT molecular complexity index is 2050. The zero-order chi connectivity index (χ0) is 38.2. The molecule has 0 radical (unpaired) electrons. The van der Waals surface area contributed by atoms with Crippen LogP contribution in [0.25, 0.3) is 33.6 Å². The number of rotatable bonds is 10. The van der Waals surface area contributed by atoms with Gasteiger partial charge in [-0.15, -0.1) is 0 Å². The van der Waals surface area contributed by atoms with E-state index in [9.17, 15) is 29.4 Å². The Morgan fingerprint density at radius 3 is 1.49 bits per heavy atom. The van der Waals surface area contributed by atoms with E-state index in [2.05, 4.69) is 70.8 Å². The van der Waals surface area contributed by atoms with Crippen molar-refractivity contribution in [1.29, 1.82) is 0 Å². The summed E-state index contributed by atoms with van der Waals surface area (Å²) in [5.74, 6) is 1.19. The molecule has 4 atom stereocenters.